The first-order valence-electron chi connectivity index (χ1n) is 9.70. The van der Waals surface area contributed by atoms with Gasteiger partial charge in [-0.1, -0.05) is 30.3 Å². The molecule has 1 atom stereocenters. The van der Waals surface area contributed by atoms with Gasteiger partial charge in [-0.3, -0.25) is 4.79 Å². The van der Waals surface area contributed by atoms with Crippen molar-refractivity contribution in [3.8, 4) is 6.07 Å². The zero-order valence-electron chi connectivity index (χ0n) is 16.8. The van der Waals surface area contributed by atoms with Gasteiger partial charge in [0.1, 0.15) is 0 Å². The Hall–Kier alpha value is -3.30. The van der Waals surface area contributed by atoms with E-state index in [4.69, 9.17) is 0 Å². The number of carbonyl (C=O) groups excluding carboxylic acids is 1. The summed E-state index contributed by atoms with van der Waals surface area (Å²) in [7, 11) is 0. The van der Waals surface area contributed by atoms with Crippen molar-refractivity contribution in [2.24, 2.45) is 0 Å². The predicted octanol–water partition coefficient (Wildman–Crippen LogP) is 3.68. The van der Waals surface area contributed by atoms with Crippen LogP contribution in [0.5, 0.6) is 0 Å². The van der Waals surface area contributed by atoms with Crippen LogP contribution in [0.3, 0.4) is 0 Å². The van der Waals surface area contributed by atoms with Crippen molar-refractivity contribution in [1.29, 1.82) is 5.26 Å². The SMILES string of the molecule is CC(=O)N1Cc2cc(C#N)ccc2N(Cc2cnc[nH]2)C[C@H]1Cc1ccccc1.Cl. The number of hydrogen-bond donors (Lipinski definition) is 1. The van der Waals surface area contributed by atoms with Crippen LogP contribution in [0.15, 0.2) is 61.1 Å². The summed E-state index contributed by atoms with van der Waals surface area (Å²) in [6, 6.07) is 18.2. The van der Waals surface area contributed by atoms with E-state index < -0.39 is 0 Å². The number of amides is 1. The molecule has 2 aromatic carbocycles. The first-order valence-corrected chi connectivity index (χ1v) is 9.70. The fourth-order valence-electron chi connectivity index (χ4n) is 4.01. The van der Waals surface area contributed by atoms with Gasteiger partial charge in [0.15, 0.2) is 0 Å². The fourth-order valence-corrected chi connectivity index (χ4v) is 4.01. The van der Waals surface area contributed by atoms with Crippen molar-refractivity contribution in [1.82, 2.24) is 14.9 Å². The van der Waals surface area contributed by atoms with Crippen molar-refractivity contribution >= 4 is 24.0 Å². The van der Waals surface area contributed by atoms with E-state index in [0.29, 0.717) is 25.2 Å². The number of aromatic amines is 1. The maximum Gasteiger partial charge on any atom is 0.220 e. The molecule has 2 heterocycles. The summed E-state index contributed by atoms with van der Waals surface area (Å²) in [6.07, 6.45) is 4.28. The minimum atomic E-state index is 0. The summed E-state index contributed by atoms with van der Waals surface area (Å²) >= 11 is 0. The van der Waals surface area contributed by atoms with Crippen molar-refractivity contribution in [3.63, 3.8) is 0 Å². The summed E-state index contributed by atoms with van der Waals surface area (Å²) in [5.74, 6) is 0.0441. The van der Waals surface area contributed by atoms with E-state index in [0.717, 1.165) is 23.4 Å². The lowest BCUT2D eigenvalue weighted by atomic mass is 10.0. The smallest absolute Gasteiger partial charge is 0.220 e. The third-order valence-corrected chi connectivity index (χ3v) is 5.40. The predicted molar refractivity (Wildman–Crippen MR) is 118 cm³/mol. The van der Waals surface area contributed by atoms with Crippen LogP contribution in [-0.4, -0.2) is 33.4 Å². The van der Waals surface area contributed by atoms with Crippen LogP contribution in [0, 0.1) is 11.3 Å². The number of hydrogen-bond acceptors (Lipinski definition) is 4. The molecule has 1 aliphatic rings. The van der Waals surface area contributed by atoms with Crippen LogP contribution in [0.4, 0.5) is 5.69 Å². The zero-order chi connectivity index (χ0) is 20.2. The first kappa shape index (κ1) is 21.4. The lowest BCUT2D eigenvalue weighted by molar-refractivity contribution is -0.131. The van der Waals surface area contributed by atoms with Gasteiger partial charge in [0, 0.05) is 31.9 Å². The highest BCUT2D eigenvalue weighted by Crippen LogP contribution is 2.30. The first-order chi connectivity index (χ1) is 14.1. The quantitative estimate of drug-likeness (QED) is 0.697. The normalized spacial score (nSPS) is 15.5. The Balaban J connectivity index is 0.00000256. The minimum absolute atomic E-state index is 0. The highest BCUT2D eigenvalue weighted by Gasteiger charge is 2.30. The van der Waals surface area contributed by atoms with Crippen LogP contribution in [0.2, 0.25) is 0 Å². The number of anilines is 1. The van der Waals surface area contributed by atoms with E-state index in [1.807, 2.05) is 47.5 Å². The molecule has 7 heteroatoms. The van der Waals surface area contributed by atoms with Gasteiger partial charge in [0.25, 0.3) is 0 Å². The molecule has 0 unspecified atom stereocenters. The molecule has 1 aromatic heterocycles. The van der Waals surface area contributed by atoms with E-state index >= 15 is 0 Å². The second kappa shape index (κ2) is 9.47. The Morgan fingerprint density at radius 1 is 1.27 bits per heavy atom. The van der Waals surface area contributed by atoms with Gasteiger partial charge >= 0.3 is 0 Å². The molecule has 154 valence electrons. The molecule has 3 aromatic rings. The average molecular weight is 422 g/mol. The van der Waals surface area contributed by atoms with E-state index in [-0.39, 0.29) is 24.4 Å². The molecule has 0 saturated carbocycles. The Morgan fingerprint density at radius 3 is 2.73 bits per heavy atom. The Kier molecular flexibility index (Phi) is 6.76. The third kappa shape index (κ3) is 4.64. The standard InChI is InChI=1S/C23H23N5O.ClH/c1-17(29)28-13-20-9-19(11-24)7-8-23(20)27(14-21-12-25-16-26-21)15-22(28)10-18-5-3-2-4-6-18;/h2-9,12,16,22H,10,13-15H2,1H3,(H,25,26);1H/t22-;/m1./s1. The summed E-state index contributed by atoms with van der Waals surface area (Å²) < 4.78 is 0. The van der Waals surface area contributed by atoms with Crippen LogP contribution < -0.4 is 4.90 Å². The fraction of sp³-hybridized carbons (Fsp3) is 0.261. The number of halogens is 1. The minimum Gasteiger partial charge on any atom is -0.363 e. The Morgan fingerprint density at radius 2 is 2.07 bits per heavy atom. The number of nitrogens with zero attached hydrogens (tertiary/aromatic N) is 4. The maximum atomic E-state index is 12.6. The number of benzene rings is 2. The van der Waals surface area contributed by atoms with E-state index in [1.165, 1.54) is 5.56 Å². The molecule has 6 nitrogen and oxygen atoms in total. The average Bonchev–Trinajstić information content (AvgIpc) is 3.19. The lowest BCUT2D eigenvalue weighted by Crippen LogP contribution is -2.44. The lowest BCUT2D eigenvalue weighted by Gasteiger charge is -2.32. The van der Waals surface area contributed by atoms with Gasteiger partial charge < -0.3 is 14.8 Å². The number of nitriles is 1. The maximum absolute atomic E-state index is 12.6. The number of nitrogens with one attached hydrogen (secondary N) is 1. The molecule has 30 heavy (non-hydrogen) atoms. The Bertz CT molecular complexity index is 1030. The van der Waals surface area contributed by atoms with E-state index in [2.05, 4.69) is 33.1 Å². The number of imidazole rings is 1. The van der Waals surface area contributed by atoms with Gasteiger partial charge in [0.2, 0.25) is 5.91 Å². The van der Waals surface area contributed by atoms with Crippen LogP contribution in [0.25, 0.3) is 0 Å². The molecule has 0 radical (unpaired) electrons. The third-order valence-electron chi connectivity index (χ3n) is 5.40. The summed E-state index contributed by atoms with van der Waals surface area (Å²) in [5.41, 5.74) is 4.87. The van der Waals surface area contributed by atoms with E-state index in [9.17, 15) is 10.1 Å². The molecule has 0 spiro atoms. The van der Waals surface area contributed by atoms with Crippen molar-refractivity contribution < 1.29 is 4.79 Å². The molecule has 0 saturated heterocycles. The summed E-state index contributed by atoms with van der Waals surface area (Å²) in [5, 5.41) is 9.35. The highest BCUT2D eigenvalue weighted by atomic mass is 35.5. The highest BCUT2D eigenvalue weighted by molar-refractivity contribution is 5.85. The number of fused-ring (bicyclic) bond motifs is 1. The molecule has 4 rings (SSSR count). The van der Waals surface area contributed by atoms with Crippen molar-refractivity contribution in [3.05, 3.63) is 83.4 Å². The summed E-state index contributed by atoms with van der Waals surface area (Å²) in [6.45, 7) is 3.48. The molecular formula is C23H24ClN5O. The number of H-pyrrole nitrogens is 1. The monoisotopic (exact) mass is 421 g/mol. The molecule has 1 amide bonds. The number of carbonyl (C=O) groups is 1. The zero-order valence-corrected chi connectivity index (χ0v) is 17.6. The van der Waals surface area contributed by atoms with Crippen LogP contribution in [0.1, 0.15) is 29.3 Å². The topological polar surface area (TPSA) is 76.0 Å². The van der Waals surface area contributed by atoms with E-state index in [1.54, 1.807) is 13.3 Å². The summed E-state index contributed by atoms with van der Waals surface area (Å²) in [4.78, 5) is 24.1. The van der Waals surface area contributed by atoms with Gasteiger partial charge in [0.05, 0.1) is 36.2 Å². The van der Waals surface area contributed by atoms with Gasteiger partial charge in [-0.15, -0.1) is 12.4 Å². The van der Waals surface area contributed by atoms with Crippen molar-refractivity contribution in [2.75, 3.05) is 11.4 Å². The molecule has 1 N–H and O–H groups in total. The Labute approximate surface area is 182 Å². The second-order valence-electron chi connectivity index (χ2n) is 7.40. The van der Waals surface area contributed by atoms with Crippen LogP contribution in [-0.2, 0) is 24.3 Å². The number of rotatable bonds is 4. The van der Waals surface area contributed by atoms with Gasteiger partial charge in [-0.25, -0.2) is 4.98 Å². The molecule has 1 aliphatic heterocycles. The van der Waals surface area contributed by atoms with Gasteiger partial charge in [-0.2, -0.15) is 5.26 Å². The molecule has 0 bridgehead atoms. The van der Waals surface area contributed by atoms with Gasteiger partial charge in [-0.05, 0) is 35.7 Å². The molecular weight excluding hydrogens is 398 g/mol. The molecule has 0 fully saturated rings. The largest absolute Gasteiger partial charge is 0.363 e. The van der Waals surface area contributed by atoms with Crippen molar-refractivity contribution in [2.45, 2.75) is 32.5 Å². The van der Waals surface area contributed by atoms with Crippen LogP contribution >= 0.6 is 12.4 Å². The molecule has 0 aliphatic carbocycles. The second-order valence-corrected chi connectivity index (χ2v) is 7.40. The number of aromatic nitrogens is 2.